The second-order valence-corrected chi connectivity index (χ2v) is 3.37. The van der Waals surface area contributed by atoms with Crippen LogP contribution in [-0.2, 0) is 0 Å². The predicted octanol–water partition coefficient (Wildman–Crippen LogP) is 2.42. The van der Waals surface area contributed by atoms with Crippen LogP contribution >= 0.6 is 0 Å². The highest BCUT2D eigenvalue weighted by Gasteiger charge is 2.37. The topological polar surface area (TPSA) is 41.5 Å². The highest BCUT2D eigenvalue weighted by atomic mass is 19.4. The molecule has 0 aliphatic carbocycles. The van der Waals surface area contributed by atoms with Crippen molar-refractivity contribution >= 4 is 5.69 Å². The lowest BCUT2D eigenvalue weighted by atomic mass is 10.2. The van der Waals surface area contributed by atoms with Gasteiger partial charge in [-0.05, 0) is 19.1 Å². The summed E-state index contributed by atoms with van der Waals surface area (Å²) in [6.07, 6.45) is -7.01. The Morgan fingerprint density at radius 2 is 2.00 bits per heavy atom. The summed E-state index contributed by atoms with van der Waals surface area (Å²) in [5, 5.41) is 11.3. The van der Waals surface area contributed by atoms with Crippen molar-refractivity contribution in [2.75, 3.05) is 18.5 Å². The Kier molecular flexibility index (Phi) is 4.62. The van der Waals surface area contributed by atoms with Crippen molar-refractivity contribution in [2.24, 2.45) is 0 Å². The van der Waals surface area contributed by atoms with Gasteiger partial charge in [-0.25, -0.2) is 0 Å². The first kappa shape index (κ1) is 13.6. The molecule has 17 heavy (non-hydrogen) atoms. The zero-order valence-electron chi connectivity index (χ0n) is 9.29. The third kappa shape index (κ3) is 4.14. The second kappa shape index (κ2) is 5.77. The molecule has 1 aromatic rings. The minimum absolute atomic E-state index is 0.417. The molecule has 0 fully saturated rings. The third-order valence-corrected chi connectivity index (χ3v) is 2.05. The number of anilines is 1. The van der Waals surface area contributed by atoms with Crippen molar-refractivity contribution in [1.82, 2.24) is 0 Å². The number of hydrogen-bond acceptors (Lipinski definition) is 3. The number of alkyl halides is 3. The van der Waals surface area contributed by atoms with Crippen LogP contribution in [0.3, 0.4) is 0 Å². The molecule has 1 unspecified atom stereocenters. The molecule has 0 saturated heterocycles. The van der Waals surface area contributed by atoms with E-state index in [0.717, 1.165) is 0 Å². The Hall–Kier alpha value is -1.43. The summed E-state index contributed by atoms with van der Waals surface area (Å²) < 4.78 is 41.5. The molecule has 96 valence electrons. The fraction of sp³-hybridized carbons (Fsp3) is 0.455. The predicted molar refractivity (Wildman–Crippen MR) is 58.2 cm³/mol. The van der Waals surface area contributed by atoms with E-state index in [0.29, 0.717) is 18.0 Å². The van der Waals surface area contributed by atoms with Crippen molar-refractivity contribution in [1.29, 1.82) is 0 Å². The van der Waals surface area contributed by atoms with Crippen LogP contribution in [0.1, 0.15) is 6.92 Å². The Morgan fingerprint density at radius 3 is 2.59 bits per heavy atom. The summed E-state index contributed by atoms with van der Waals surface area (Å²) in [5.41, 5.74) is 0.428. The lowest BCUT2D eigenvalue weighted by Crippen LogP contribution is -2.35. The van der Waals surface area contributed by atoms with Crippen LogP contribution in [0.2, 0.25) is 0 Å². The van der Waals surface area contributed by atoms with Gasteiger partial charge < -0.3 is 15.2 Å². The smallest absolute Gasteiger partial charge is 0.416 e. The number of rotatable bonds is 5. The molecule has 0 radical (unpaired) electrons. The standard InChI is InChI=1S/C11H14F3NO2/c1-2-17-9-6-4-3-5-8(9)15-7-10(16)11(12,13)14/h3-6,10,15-16H,2,7H2,1H3. The van der Waals surface area contributed by atoms with Gasteiger partial charge in [0.1, 0.15) is 5.75 Å². The number of aliphatic hydroxyl groups is 1. The van der Waals surface area contributed by atoms with Crippen LogP contribution in [0.25, 0.3) is 0 Å². The molecular weight excluding hydrogens is 235 g/mol. The molecule has 0 bridgehead atoms. The van der Waals surface area contributed by atoms with Crippen LogP contribution in [-0.4, -0.2) is 30.5 Å². The van der Waals surface area contributed by atoms with E-state index in [-0.39, 0.29) is 0 Å². The molecule has 1 atom stereocenters. The maximum atomic E-state index is 12.1. The zero-order valence-corrected chi connectivity index (χ0v) is 9.29. The minimum atomic E-state index is -4.62. The van der Waals surface area contributed by atoms with Crippen LogP contribution < -0.4 is 10.1 Å². The number of para-hydroxylation sites is 2. The number of benzene rings is 1. The Bertz CT molecular complexity index is 355. The summed E-state index contributed by atoms with van der Waals surface area (Å²) in [5.74, 6) is 0.462. The van der Waals surface area contributed by atoms with Crippen LogP contribution in [0, 0.1) is 0 Å². The van der Waals surface area contributed by atoms with Gasteiger partial charge in [-0.2, -0.15) is 13.2 Å². The van der Waals surface area contributed by atoms with E-state index in [9.17, 15) is 13.2 Å². The maximum absolute atomic E-state index is 12.1. The van der Waals surface area contributed by atoms with Gasteiger partial charge in [0.05, 0.1) is 12.3 Å². The molecule has 6 heteroatoms. The quantitative estimate of drug-likeness (QED) is 0.842. The number of halogens is 3. The van der Waals surface area contributed by atoms with E-state index >= 15 is 0 Å². The van der Waals surface area contributed by atoms with E-state index in [4.69, 9.17) is 9.84 Å². The Balaban J connectivity index is 2.63. The van der Waals surface area contributed by atoms with Crippen LogP contribution in [0.4, 0.5) is 18.9 Å². The van der Waals surface area contributed by atoms with Gasteiger partial charge in [-0.1, -0.05) is 12.1 Å². The molecule has 0 aromatic heterocycles. The highest BCUT2D eigenvalue weighted by Crippen LogP contribution is 2.25. The van der Waals surface area contributed by atoms with Crippen molar-refractivity contribution in [3.63, 3.8) is 0 Å². The van der Waals surface area contributed by atoms with Gasteiger partial charge in [-0.15, -0.1) is 0 Å². The first-order valence-electron chi connectivity index (χ1n) is 5.15. The largest absolute Gasteiger partial charge is 0.492 e. The molecule has 1 aromatic carbocycles. The third-order valence-electron chi connectivity index (χ3n) is 2.05. The summed E-state index contributed by atoms with van der Waals surface area (Å²) in [6.45, 7) is 1.59. The van der Waals surface area contributed by atoms with Crippen molar-refractivity contribution < 1.29 is 23.0 Å². The summed E-state index contributed by atoms with van der Waals surface area (Å²) in [7, 11) is 0. The van der Waals surface area contributed by atoms with E-state index in [1.165, 1.54) is 0 Å². The molecule has 0 spiro atoms. The van der Waals surface area contributed by atoms with Gasteiger partial charge in [0.2, 0.25) is 0 Å². The van der Waals surface area contributed by atoms with Crippen LogP contribution in [0.5, 0.6) is 5.75 Å². The van der Waals surface area contributed by atoms with Crippen LogP contribution in [0.15, 0.2) is 24.3 Å². The molecule has 3 nitrogen and oxygen atoms in total. The maximum Gasteiger partial charge on any atom is 0.416 e. The van der Waals surface area contributed by atoms with E-state index in [1.54, 1.807) is 31.2 Å². The first-order chi connectivity index (χ1) is 7.95. The molecule has 0 aliphatic rings. The van der Waals surface area contributed by atoms with Gasteiger partial charge >= 0.3 is 6.18 Å². The number of nitrogens with one attached hydrogen (secondary N) is 1. The minimum Gasteiger partial charge on any atom is -0.492 e. The summed E-state index contributed by atoms with van der Waals surface area (Å²) >= 11 is 0. The monoisotopic (exact) mass is 249 g/mol. The number of aliphatic hydroxyl groups excluding tert-OH is 1. The molecule has 0 saturated carbocycles. The summed E-state index contributed by atoms with van der Waals surface area (Å²) in [6, 6.07) is 6.63. The zero-order chi connectivity index (χ0) is 12.9. The van der Waals surface area contributed by atoms with Gasteiger partial charge in [0.15, 0.2) is 6.10 Å². The average molecular weight is 249 g/mol. The SMILES string of the molecule is CCOc1ccccc1NCC(O)C(F)(F)F. The molecule has 2 N–H and O–H groups in total. The van der Waals surface area contributed by atoms with Gasteiger partial charge in [0.25, 0.3) is 0 Å². The fourth-order valence-electron chi connectivity index (χ4n) is 1.22. The van der Waals surface area contributed by atoms with Crippen molar-refractivity contribution in [2.45, 2.75) is 19.2 Å². The van der Waals surface area contributed by atoms with E-state index in [2.05, 4.69) is 5.32 Å². The van der Waals surface area contributed by atoms with E-state index < -0.39 is 18.8 Å². The van der Waals surface area contributed by atoms with Gasteiger partial charge in [0, 0.05) is 6.54 Å². The lowest BCUT2D eigenvalue weighted by molar-refractivity contribution is -0.198. The number of ether oxygens (including phenoxy) is 1. The highest BCUT2D eigenvalue weighted by molar-refractivity contribution is 5.56. The Morgan fingerprint density at radius 1 is 1.35 bits per heavy atom. The normalized spacial score (nSPS) is 13.2. The fourth-order valence-corrected chi connectivity index (χ4v) is 1.22. The van der Waals surface area contributed by atoms with E-state index in [1.807, 2.05) is 0 Å². The molecule has 0 heterocycles. The first-order valence-corrected chi connectivity index (χ1v) is 5.15. The molecule has 1 rings (SSSR count). The van der Waals surface area contributed by atoms with Gasteiger partial charge in [-0.3, -0.25) is 0 Å². The molecule has 0 amide bonds. The summed E-state index contributed by atoms with van der Waals surface area (Å²) in [4.78, 5) is 0. The second-order valence-electron chi connectivity index (χ2n) is 3.37. The average Bonchev–Trinajstić information content (AvgIpc) is 2.26. The van der Waals surface area contributed by atoms with Crippen molar-refractivity contribution in [3.05, 3.63) is 24.3 Å². The van der Waals surface area contributed by atoms with Crippen molar-refractivity contribution in [3.8, 4) is 5.75 Å². The molecular formula is C11H14F3NO2. The Labute approximate surface area is 97.2 Å². The number of hydrogen-bond donors (Lipinski definition) is 2. The lowest BCUT2D eigenvalue weighted by Gasteiger charge is -2.17. The molecule has 0 aliphatic heterocycles.